The average Bonchev–Trinajstić information content (AvgIpc) is 3.20. The molecule has 7 nitrogen and oxygen atoms in total. The maximum Gasteiger partial charge on any atom is 0.322 e. The highest BCUT2D eigenvalue weighted by Gasteiger charge is 2.16. The monoisotopic (exact) mass is 315 g/mol. The summed E-state index contributed by atoms with van der Waals surface area (Å²) in [5.41, 5.74) is 0.692. The third-order valence-electron chi connectivity index (χ3n) is 3.28. The molecule has 3 rings (SSSR count). The Morgan fingerprint density at radius 1 is 1.13 bits per heavy atom. The minimum Gasteiger partial charge on any atom is -0.493 e. The molecule has 0 spiro atoms. The van der Waals surface area contributed by atoms with Gasteiger partial charge in [0.1, 0.15) is 11.5 Å². The summed E-state index contributed by atoms with van der Waals surface area (Å²) in [5.74, 6) is 3.23. The predicted molar refractivity (Wildman–Crippen MR) is 83.6 cm³/mol. The predicted octanol–water partition coefficient (Wildman–Crippen LogP) is 3.27. The zero-order valence-corrected chi connectivity index (χ0v) is 13.1. The molecular weight excluding hydrogens is 298 g/mol. The van der Waals surface area contributed by atoms with Gasteiger partial charge < -0.3 is 23.7 Å². The van der Waals surface area contributed by atoms with Crippen molar-refractivity contribution in [2.45, 2.75) is 13.5 Å². The highest BCUT2D eigenvalue weighted by atomic mass is 16.5. The molecule has 120 valence electrons. The van der Waals surface area contributed by atoms with Crippen LogP contribution in [-0.2, 0) is 6.54 Å². The average molecular weight is 315 g/mol. The van der Waals surface area contributed by atoms with Crippen molar-refractivity contribution in [3.8, 4) is 22.9 Å². The lowest BCUT2D eigenvalue weighted by Gasteiger charge is -2.09. The van der Waals surface area contributed by atoms with Gasteiger partial charge in [-0.1, -0.05) is 11.2 Å². The first-order valence-corrected chi connectivity index (χ1v) is 7.05. The molecule has 0 aliphatic heterocycles. The van der Waals surface area contributed by atoms with Gasteiger partial charge in [-0.3, -0.25) is 0 Å². The Balaban J connectivity index is 1.79. The van der Waals surface area contributed by atoms with E-state index in [1.165, 1.54) is 0 Å². The van der Waals surface area contributed by atoms with Gasteiger partial charge >= 0.3 is 6.01 Å². The number of furan rings is 1. The third kappa shape index (κ3) is 3.13. The molecule has 0 saturated carbocycles. The first kappa shape index (κ1) is 15.0. The van der Waals surface area contributed by atoms with Crippen molar-refractivity contribution >= 4 is 6.01 Å². The Labute approximate surface area is 133 Å². The normalized spacial score (nSPS) is 10.6. The maximum atomic E-state index is 5.47. The number of rotatable bonds is 6. The van der Waals surface area contributed by atoms with Crippen molar-refractivity contribution in [2.75, 3.05) is 19.5 Å². The second-order valence-electron chi connectivity index (χ2n) is 4.83. The minimum atomic E-state index is 0.305. The summed E-state index contributed by atoms with van der Waals surface area (Å²) in [6.45, 7) is 2.36. The number of aromatic nitrogens is 2. The number of nitrogens with one attached hydrogen (secondary N) is 1. The van der Waals surface area contributed by atoms with E-state index in [0.717, 1.165) is 11.5 Å². The first-order valence-electron chi connectivity index (χ1n) is 7.05. The summed E-state index contributed by atoms with van der Waals surface area (Å²) < 4.78 is 21.3. The van der Waals surface area contributed by atoms with Gasteiger partial charge in [-0.2, -0.15) is 4.98 Å². The molecule has 0 radical (unpaired) electrons. The fourth-order valence-corrected chi connectivity index (χ4v) is 2.21. The van der Waals surface area contributed by atoms with Gasteiger partial charge in [-0.25, -0.2) is 0 Å². The fraction of sp³-hybridized carbons (Fsp3) is 0.250. The number of ether oxygens (including phenoxy) is 2. The van der Waals surface area contributed by atoms with Crippen molar-refractivity contribution in [1.82, 2.24) is 10.1 Å². The molecule has 0 atom stereocenters. The van der Waals surface area contributed by atoms with E-state index in [0.29, 0.717) is 35.4 Å². The van der Waals surface area contributed by atoms with Crippen LogP contribution in [0.3, 0.4) is 0 Å². The van der Waals surface area contributed by atoms with E-state index in [2.05, 4.69) is 15.5 Å². The zero-order chi connectivity index (χ0) is 16.2. The van der Waals surface area contributed by atoms with E-state index >= 15 is 0 Å². The third-order valence-corrected chi connectivity index (χ3v) is 3.28. The largest absolute Gasteiger partial charge is 0.493 e. The van der Waals surface area contributed by atoms with Crippen LogP contribution in [0.5, 0.6) is 11.5 Å². The first-order chi connectivity index (χ1) is 11.2. The molecule has 2 heterocycles. The van der Waals surface area contributed by atoms with Gasteiger partial charge in [-0.15, -0.1) is 0 Å². The Morgan fingerprint density at radius 3 is 2.70 bits per heavy atom. The molecular formula is C16H17N3O4. The minimum absolute atomic E-state index is 0.305. The zero-order valence-electron chi connectivity index (χ0n) is 13.1. The molecule has 23 heavy (non-hydrogen) atoms. The molecule has 0 unspecified atom stereocenters. The molecule has 1 N–H and O–H groups in total. The summed E-state index contributed by atoms with van der Waals surface area (Å²) in [5, 5.41) is 7.00. The topological polar surface area (TPSA) is 82.6 Å². The summed E-state index contributed by atoms with van der Waals surface area (Å²) in [6, 6.07) is 9.58. The molecule has 2 aromatic heterocycles. The van der Waals surface area contributed by atoms with Crippen LogP contribution in [0, 0.1) is 6.92 Å². The van der Waals surface area contributed by atoms with Crippen molar-refractivity contribution in [3.05, 3.63) is 41.9 Å². The molecule has 0 amide bonds. The van der Waals surface area contributed by atoms with Crippen LogP contribution in [0.4, 0.5) is 6.01 Å². The second-order valence-corrected chi connectivity index (χ2v) is 4.83. The standard InChI is InChI=1S/C16H17N3O4/c1-10-7-8-11(22-10)9-17-16-18-15(19-23-16)12-5-4-6-13(20-2)14(12)21-3/h4-8H,9H2,1-3H3,(H,17,18,19). The quantitative estimate of drug-likeness (QED) is 0.747. The summed E-state index contributed by atoms with van der Waals surface area (Å²) in [6.07, 6.45) is 0. The lowest BCUT2D eigenvalue weighted by Crippen LogP contribution is -1.98. The molecule has 1 aromatic carbocycles. The molecule has 3 aromatic rings. The Morgan fingerprint density at radius 2 is 2.00 bits per heavy atom. The number of para-hydroxylation sites is 1. The number of anilines is 1. The molecule has 0 aliphatic carbocycles. The number of hydrogen-bond acceptors (Lipinski definition) is 7. The smallest absolute Gasteiger partial charge is 0.322 e. The number of methoxy groups -OCH3 is 2. The van der Waals surface area contributed by atoms with Crippen LogP contribution in [-0.4, -0.2) is 24.4 Å². The number of aryl methyl sites for hydroxylation is 1. The van der Waals surface area contributed by atoms with Crippen molar-refractivity contribution in [1.29, 1.82) is 0 Å². The fourth-order valence-electron chi connectivity index (χ4n) is 2.21. The van der Waals surface area contributed by atoms with E-state index in [1.807, 2.05) is 31.2 Å². The maximum absolute atomic E-state index is 5.47. The Bertz CT molecular complexity index is 794. The van der Waals surface area contributed by atoms with Gasteiger partial charge in [0.2, 0.25) is 5.82 Å². The van der Waals surface area contributed by atoms with E-state index < -0.39 is 0 Å². The van der Waals surface area contributed by atoms with Gasteiger partial charge in [-0.05, 0) is 31.2 Å². The van der Waals surface area contributed by atoms with Crippen LogP contribution in [0.1, 0.15) is 11.5 Å². The second kappa shape index (κ2) is 6.43. The van der Waals surface area contributed by atoms with Crippen molar-refractivity contribution in [2.24, 2.45) is 0 Å². The molecule has 0 saturated heterocycles. The van der Waals surface area contributed by atoms with Crippen LogP contribution < -0.4 is 14.8 Å². The van der Waals surface area contributed by atoms with Gasteiger partial charge in [0, 0.05) is 0 Å². The van der Waals surface area contributed by atoms with Crippen LogP contribution in [0.2, 0.25) is 0 Å². The number of nitrogens with zero attached hydrogens (tertiary/aromatic N) is 2. The molecule has 0 aliphatic rings. The highest BCUT2D eigenvalue weighted by molar-refractivity contribution is 5.68. The number of benzene rings is 1. The van der Waals surface area contributed by atoms with Crippen LogP contribution in [0.15, 0.2) is 39.3 Å². The van der Waals surface area contributed by atoms with Gasteiger partial charge in [0.15, 0.2) is 11.5 Å². The number of hydrogen-bond donors (Lipinski definition) is 1. The summed E-state index contributed by atoms with van der Waals surface area (Å²) in [4.78, 5) is 4.32. The lowest BCUT2D eigenvalue weighted by atomic mass is 10.2. The lowest BCUT2D eigenvalue weighted by molar-refractivity contribution is 0.355. The van der Waals surface area contributed by atoms with E-state index in [1.54, 1.807) is 20.3 Å². The van der Waals surface area contributed by atoms with Crippen LogP contribution >= 0.6 is 0 Å². The summed E-state index contributed by atoms with van der Waals surface area (Å²) >= 11 is 0. The SMILES string of the molecule is COc1cccc(-c2noc(NCc3ccc(C)o3)n2)c1OC. The molecule has 7 heteroatoms. The van der Waals surface area contributed by atoms with Gasteiger partial charge in [0.25, 0.3) is 0 Å². The highest BCUT2D eigenvalue weighted by Crippen LogP contribution is 2.36. The Hall–Kier alpha value is -2.96. The van der Waals surface area contributed by atoms with Crippen molar-refractivity contribution in [3.63, 3.8) is 0 Å². The molecule has 0 bridgehead atoms. The van der Waals surface area contributed by atoms with E-state index in [-0.39, 0.29) is 0 Å². The van der Waals surface area contributed by atoms with Crippen LogP contribution in [0.25, 0.3) is 11.4 Å². The van der Waals surface area contributed by atoms with Gasteiger partial charge in [0.05, 0.1) is 26.3 Å². The van der Waals surface area contributed by atoms with Crippen molar-refractivity contribution < 1.29 is 18.4 Å². The summed E-state index contributed by atoms with van der Waals surface area (Å²) in [7, 11) is 3.15. The molecule has 0 fully saturated rings. The van der Waals surface area contributed by atoms with E-state index in [4.69, 9.17) is 18.4 Å². The van der Waals surface area contributed by atoms with E-state index in [9.17, 15) is 0 Å². The Kier molecular flexibility index (Phi) is 4.18.